The molecule has 18 aromatic carbocycles. The van der Waals surface area contributed by atoms with Crippen LogP contribution in [0.15, 0.2) is 400 Å². The highest BCUT2D eigenvalue weighted by atomic mass is 32.1. The Morgan fingerprint density at radius 2 is 0.536 bits per heavy atom. The van der Waals surface area contributed by atoms with Gasteiger partial charge in [-0.2, -0.15) is 0 Å². The predicted molar refractivity (Wildman–Crippen MR) is 481 cm³/mol. The maximum atomic E-state index is 2.73. The SMILES string of the molecule is CC(C)(C)c1cc2c3c(c1)N(c1c(-c4ccccc4)cc(-c4ccccc4)cc1-c1ccccc1)c1cc(-c4ccc5c(-c6ccccc6)c6ccccc6c(-c6ccccc6)c5c4)ccc1B3c1ccc(-c3ccc4c(c3)sc3ccccc34)cc1N2c1c(-c2ccccc2)cc(-c2ccccc2)cc1-c1ccccc1. The molecule has 21 rings (SSSR count). The largest absolute Gasteiger partial charge is 0.310 e. The maximum absolute atomic E-state index is 2.73. The van der Waals surface area contributed by atoms with Crippen LogP contribution in [0.2, 0.25) is 0 Å². The Kier molecular flexibility index (Phi) is 16.2. The van der Waals surface area contributed by atoms with E-state index >= 15 is 0 Å². The molecule has 112 heavy (non-hydrogen) atoms. The molecule has 0 radical (unpaired) electrons. The highest BCUT2D eigenvalue weighted by Gasteiger charge is 2.46. The maximum Gasteiger partial charge on any atom is 0.252 e. The average Bonchev–Trinajstić information content (AvgIpc) is 0.761. The van der Waals surface area contributed by atoms with E-state index in [1.165, 1.54) is 91.5 Å². The van der Waals surface area contributed by atoms with Gasteiger partial charge >= 0.3 is 0 Å². The fourth-order valence-electron chi connectivity index (χ4n) is 18.1. The average molecular weight is 1440 g/mol. The normalized spacial score (nSPS) is 12.4. The number of rotatable bonds is 12. The van der Waals surface area contributed by atoms with E-state index in [9.17, 15) is 0 Å². The number of thiophene rings is 1. The van der Waals surface area contributed by atoms with Crippen LogP contribution in [0.4, 0.5) is 34.1 Å². The van der Waals surface area contributed by atoms with Crippen LogP contribution in [-0.2, 0) is 5.41 Å². The Morgan fingerprint density at radius 3 is 0.946 bits per heavy atom. The molecule has 19 aromatic rings. The summed E-state index contributed by atoms with van der Waals surface area (Å²) in [6, 6.07) is 151. The molecule has 0 atom stereocenters. The summed E-state index contributed by atoms with van der Waals surface area (Å²) in [7, 11) is 0. The first-order chi connectivity index (χ1) is 55.2. The lowest BCUT2D eigenvalue weighted by atomic mass is 9.33. The topological polar surface area (TPSA) is 6.48 Å². The molecular formula is C108H75BN2S. The number of hydrogen-bond donors (Lipinski definition) is 0. The fourth-order valence-corrected chi connectivity index (χ4v) is 19.2. The first-order valence-electron chi connectivity index (χ1n) is 39.0. The summed E-state index contributed by atoms with van der Waals surface area (Å²) in [6.45, 7) is 6.95. The molecule has 526 valence electrons. The van der Waals surface area contributed by atoms with Gasteiger partial charge in [0.25, 0.3) is 6.71 Å². The molecular weight excluding hydrogens is 1370 g/mol. The van der Waals surface area contributed by atoms with Crippen molar-refractivity contribution in [2.45, 2.75) is 26.2 Å². The van der Waals surface area contributed by atoms with Gasteiger partial charge in [-0.05, 0) is 205 Å². The predicted octanol–water partition coefficient (Wildman–Crippen LogP) is 28.4. The van der Waals surface area contributed by atoms with Crippen LogP contribution < -0.4 is 26.2 Å². The van der Waals surface area contributed by atoms with Crippen LogP contribution in [0.3, 0.4) is 0 Å². The minimum absolute atomic E-state index is 0.251. The van der Waals surface area contributed by atoms with Gasteiger partial charge in [0.1, 0.15) is 0 Å². The van der Waals surface area contributed by atoms with Gasteiger partial charge in [-0.1, -0.05) is 354 Å². The van der Waals surface area contributed by atoms with E-state index in [2.05, 4.69) is 431 Å². The number of hydrogen-bond acceptors (Lipinski definition) is 3. The Morgan fingerprint density at radius 1 is 0.223 bits per heavy atom. The van der Waals surface area contributed by atoms with Crippen molar-refractivity contribution in [2.75, 3.05) is 9.80 Å². The van der Waals surface area contributed by atoms with Crippen molar-refractivity contribution in [1.82, 2.24) is 0 Å². The molecule has 0 unspecified atom stereocenters. The third-order valence-electron chi connectivity index (χ3n) is 23.4. The molecule has 2 nitrogen and oxygen atoms in total. The summed E-state index contributed by atoms with van der Waals surface area (Å²) in [5, 5.41) is 7.47. The van der Waals surface area contributed by atoms with Gasteiger partial charge in [0.2, 0.25) is 0 Å². The standard InChI is InChI=1S/C108H75BN2S/c1-108(2,3)84-68-99-105-100(69-84)111(107-92(74-40-20-8-21-41-74)63-83(71-34-14-5-15-35-71)64-93(107)75-42-22-9-23-43-75)98-66-80(81-52-56-86-85-48-30-31-51-101(85)112-102(86)67-81)55-59-96(98)109(105)95-58-54-79(78-53-57-89-94(60-78)104(77-46-26-11-27-47-77)88-50-29-28-49-87(88)103(89)76-44-24-10-25-45-76)65-97(95)110(99)106-90(72-36-16-6-17-37-72)61-82(70-32-12-4-13-33-70)62-91(106)73-38-18-7-19-39-73/h4-69H,1-3H3. The van der Waals surface area contributed by atoms with Crippen LogP contribution in [0.1, 0.15) is 26.3 Å². The Hall–Kier alpha value is -13.6. The Labute approximate surface area is 658 Å². The number of anilines is 6. The van der Waals surface area contributed by atoms with Crippen molar-refractivity contribution in [3.05, 3.63) is 406 Å². The molecule has 0 saturated carbocycles. The second kappa shape index (κ2) is 27.2. The van der Waals surface area contributed by atoms with Crippen molar-refractivity contribution in [1.29, 1.82) is 0 Å². The summed E-state index contributed by atoms with van der Waals surface area (Å²) in [5.74, 6) is 0. The molecule has 0 fully saturated rings. The zero-order chi connectivity index (χ0) is 74.5. The first kappa shape index (κ1) is 66.6. The molecule has 2 aliphatic heterocycles. The van der Waals surface area contributed by atoms with Crippen LogP contribution in [0.25, 0.3) is 153 Å². The number of nitrogens with zero attached hydrogens (tertiary/aromatic N) is 2. The number of fused-ring (bicyclic) bond motifs is 9. The quantitative estimate of drug-likeness (QED) is 0.0888. The highest BCUT2D eigenvalue weighted by molar-refractivity contribution is 7.25. The molecule has 0 amide bonds. The Bertz CT molecular complexity index is 6750. The van der Waals surface area contributed by atoms with Crippen LogP contribution in [0, 0.1) is 0 Å². The van der Waals surface area contributed by atoms with E-state index in [0.29, 0.717) is 0 Å². The lowest BCUT2D eigenvalue weighted by Gasteiger charge is -2.46. The molecule has 3 heterocycles. The van der Waals surface area contributed by atoms with Crippen LogP contribution in [0.5, 0.6) is 0 Å². The van der Waals surface area contributed by atoms with Gasteiger partial charge in [0, 0.05) is 65.2 Å². The molecule has 0 bridgehead atoms. The van der Waals surface area contributed by atoms with Gasteiger partial charge in [-0.25, -0.2) is 0 Å². The van der Waals surface area contributed by atoms with E-state index in [4.69, 9.17) is 0 Å². The van der Waals surface area contributed by atoms with E-state index < -0.39 is 0 Å². The van der Waals surface area contributed by atoms with Crippen molar-refractivity contribution < 1.29 is 0 Å². The lowest BCUT2D eigenvalue weighted by Crippen LogP contribution is -2.61. The lowest BCUT2D eigenvalue weighted by molar-refractivity contribution is 0.590. The van der Waals surface area contributed by atoms with E-state index in [1.807, 2.05) is 11.3 Å². The van der Waals surface area contributed by atoms with E-state index in [-0.39, 0.29) is 12.1 Å². The summed E-state index contributed by atoms with van der Waals surface area (Å²) < 4.78 is 2.57. The highest BCUT2D eigenvalue weighted by Crippen LogP contribution is 2.57. The fraction of sp³-hybridized carbons (Fsp3) is 0.0370. The minimum Gasteiger partial charge on any atom is -0.310 e. The van der Waals surface area contributed by atoms with Gasteiger partial charge in [0.05, 0.1) is 11.4 Å². The summed E-state index contributed by atoms with van der Waals surface area (Å²) in [5.41, 5.74) is 34.5. The van der Waals surface area contributed by atoms with Gasteiger partial charge in [0.15, 0.2) is 0 Å². The summed E-state index contributed by atoms with van der Waals surface area (Å²) in [6.07, 6.45) is 0. The van der Waals surface area contributed by atoms with Crippen LogP contribution >= 0.6 is 11.3 Å². The molecule has 1 aromatic heterocycles. The third kappa shape index (κ3) is 11.3. The van der Waals surface area contributed by atoms with E-state index in [1.54, 1.807) is 0 Å². The monoisotopic (exact) mass is 1440 g/mol. The second-order valence-corrected chi connectivity index (χ2v) is 32.0. The zero-order valence-corrected chi connectivity index (χ0v) is 63.3. The zero-order valence-electron chi connectivity index (χ0n) is 62.5. The molecule has 0 saturated heterocycles. The molecule has 0 spiro atoms. The molecule has 2 aliphatic rings. The van der Waals surface area contributed by atoms with Crippen molar-refractivity contribution in [3.8, 4) is 111 Å². The van der Waals surface area contributed by atoms with Gasteiger partial charge in [-0.3, -0.25) is 0 Å². The molecule has 4 heteroatoms. The molecule has 0 aliphatic carbocycles. The third-order valence-corrected chi connectivity index (χ3v) is 24.5. The van der Waals surface area contributed by atoms with Gasteiger partial charge < -0.3 is 9.80 Å². The summed E-state index contributed by atoms with van der Waals surface area (Å²) >= 11 is 1.88. The molecule has 0 N–H and O–H groups in total. The smallest absolute Gasteiger partial charge is 0.252 e. The Balaban J connectivity index is 0.909. The number of benzene rings is 18. The minimum atomic E-state index is -0.351. The van der Waals surface area contributed by atoms with E-state index in [0.717, 1.165) is 118 Å². The van der Waals surface area contributed by atoms with Crippen molar-refractivity contribution in [2.24, 2.45) is 0 Å². The van der Waals surface area contributed by atoms with Crippen molar-refractivity contribution >= 4 is 110 Å². The van der Waals surface area contributed by atoms with Gasteiger partial charge in [-0.15, -0.1) is 11.3 Å². The van der Waals surface area contributed by atoms with Crippen LogP contribution in [-0.4, -0.2) is 6.71 Å². The van der Waals surface area contributed by atoms with Crippen molar-refractivity contribution in [3.63, 3.8) is 0 Å². The second-order valence-electron chi connectivity index (χ2n) is 31.0. The first-order valence-corrected chi connectivity index (χ1v) is 39.8. The summed E-state index contributed by atoms with van der Waals surface area (Å²) in [4.78, 5) is 5.45.